The monoisotopic (exact) mass is 448 g/mol. The minimum Gasteiger partial charge on any atom is -0.480 e. The van der Waals surface area contributed by atoms with Crippen LogP contribution >= 0.6 is 0 Å². The summed E-state index contributed by atoms with van der Waals surface area (Å²) in [7, 11) is 0. The molecule has 1 saturated heterocycles. The van der Waals surface area contributed by atoms with Gasteiger partial charge >= 0.3 is 12.1 Å². The fraction of sp³-hybridized carbons (Fsp3) is 0.423. The van der Waals surface area contributed by atoms with Gasteiger partial charge in [-0.15, -0.1) is 0 Å². The van der Waals surface area contributed by atoms with Gasteiger partial charge in [0.1, 0.15) is 12.6 Å². The number of fused-ring (bicyclic) bond motifs is 3. The summed E-state index contributed by atoms with van der Waals surface area (Å²) >= 11 is 0. The zero-order valence-electron chi connectivity index (χ0n) is 18.4. The molecule has 5 rings (SSSR count). The Morgan fingerprint density at radius 2 is 1.61 bits per heavy atom. The minimum absolute atomic E-state index is 0.0231. The van der Waals surface area contributed by atoms with Crippen LogP contribution in [0.3, 0.4) is 0 Å². The molecule has 2 aromatic carbocycles. The first kappa shape index (κ1) is 21.5. The molecule has 0 aromatic heterocycles. The molecular formula is C26H28N2O5. The number of hydrogen-bond acceptors (Lipinski definition) is 4. The molecule has 2 unspecified atom stereocenters. The third kappa shape index (κ3) is 3.96. The summed E-state index contributed by atoms with van der Waals surface area (Å²) in [6.45, 7) is 0.683. The number of carboxylic acids is 1. The van der Waals surface area contributed by atoms with E-state index in [1.54, 1.807) is 0 Å². The number of aliphatic carboxylic acids is 1. The average Bonchev–Trinajstić information content (AvgIpc) is 3.55. The molecule has 7 heteroatoms. The van der Waals surface area contributed by atoms with Gasteiger partial charge in [-0.1, -0.05) is 55.0 Å². The van der Waals surface area contributed by atoms with Crippen LogP contribution in [0.4, 0.5) is 4.79 Å². The van der Waals surface area contributed by atoms with Crippen LogP contribution in [-0.4, -0.2) is 53.2 Å². The van der Waals surface area contributed by atoms with Crippen molar-refractivity contribution in [3.63, 3.8) is 0 Å². The van der Waals surface area contributed by atoms with E-state index in [9.17, 15) is 19.5 Å². The second kappa shape index (κ2) is 8.89. The second-order valence-corrected chi connectivity index (χ2v) is 9.14. The summed E-state index contributed by atoms with van der Waals surface area (Å²) in [5, 5.41) is 12.3. The van der Waals surface area contributed by atoms with Gasteiger partial charge in [0, 0.05) is 18.5 Å². The number of carbonyl (C=O) groups is 3. The van der Waals surface area contributed by atoms with Crippen LogP contribution in [0.1, 0.15) is 49.1 Å². The van der Waals surface area contributed by atoms with Crippen LogP contribution < -0.4 is 5.32 Å². The van der Waals surface area contributed by atoms with Gasteiger partial charge in [-0.3, -0.25) is 4.79 Å². The number of benzene rings is 2. The molecule has 0 radical (unpaired) electrons. The molecule has 2 N–H and O–H groups in total. The van der Waals surface area contributed by atoms with Gasteiger partial charge < -0.3 is 20.1 Å². The highest BCUT2D eigenvalue weighted by atomic mass is 16.5. The molecule has 2 fully saturated rings. The number of amides is 2. The molecule has 2 amide bonds. The SMILES string of the molecule is O=C(NC1CCCC1C(=O)N1CCC[C@@H]1C(=O)O)OCC1c2ccccc2-c2ccccc21. The minimum atomic E-state index is -0.958. The van der Waals surface area contributed by atoms with Crippen LogP contribution in [0.15, 0.2) is 48.5 Å². The lowest BCUT2D eigenvalue weighted by atomic mass is 9.98. The fourth-order valence-electron chi connectivity index (χ4n) is 5.72. The van der Waals surface area contributed by atoms with Crippen molar-refractivity contribution in [3.8, 4) is 11.1 Å². The maximum Gasteiger partial charge on any atom is 0.407 e. The lowest BCUT2D eigenvalue weighted by Gasteiger charge is -2.28. The van der Waals surface area contributed by atoms with Gasteiger partial charge in [-0.25, -0.2) is 9.59 Å². The summed E-state index contributed by atoms with van der Waals surface area (Å²) in [4.78, 5) is 38.7. The molecule has 1 saturated carbocycles. The van der Waals surface area contributed by atoms with Crippen molar-refractivity contribution in [1.82, 2.24) is 10.2 Å². The first-order chi connectivity index (χ1) is 16.0. The predicted octanol–water partition coefficient (Wildman–Crippen LogP) is 3.77. The zero-order valence-corrected chi connectivity index (χ0v) is 18.4. The van der Waals surface area contributed by atoms with Crippen LogP contribution in [-0.2, 0) is 14.3 Å². The predicted molar refractivity (Wildman–Crippen MR) is 122 cm³/mol. The Kier molecular flexibility index (Phi) is 5.79. The van der Waals surface area contributed by atoms with E-state index in [4.69, 9.17) is 4.74 Å². The first-order valence-corrected chi connectivity index (χ1v) is 11.7. The van der Waals surface area contributed by atoms with E-state index in [-0.39, 0.29) is 24.5 Å². The number of hydrogen-bond donors (Lipinski definition) is 2. The molecule has 0 bridgehead atoms. The lowest BCUT2D eigenvalue weighted by Crippen LogP contribution is -2.49. The van der Waals surface area contributed by atoms with Gasteiger partial charge in [0.05, 0.1) is 5.92 Å². The number of alkyl carbamates (subject to hydrolysis) is 1. The molecule has 3 aliphatic rings. The van der Waals surface area contributed by atoms with Crippen LogP contribution in [0.25, 0.3) is 11.1 Å². The maximum absolute atomic E-state index is 13.1. The Labute approximate surface area is 192 Å². The molecule has 2 aromatic rings. The second-order valence-electron chi connectivity index (χ2n) is 9.14. The number of nitrogens with one attached hydrogen (secondary N) is 1. The van der Waals surface area contributed by atoms with E-state index in [2.05, 4.69) is 29.6 Å². The molecule has 1 heterocycles. The lowest BCUT2D eigenvalue weighted by molar-refractivity contribution is -0.150. The highest BCUT2D eigenvalue weighted by molar-refractivity contribution is 5.87. The molecule has 1 aliphatic heterocycles. The third-order valence-electron chi connectivity index (χ3n) is 7.30. The number of carboxylic acid groups (broad SMARTS) is 1. The maximum atomic E-state index is 13.1. The van der Waals surface area contributed by atoms with Crippen molar-refractivity contribution in [2.75, 3.05) is 13.2 Å². The van der Waals surface area contributed by atoms with E-state index in [0.29, 0.717) is 32.2 Å². The van der Waals surface area contributed by atoms with Gasteiger partial charge in [-0.2, -0.15) is 0 Å². The highest BCUT2D eigenvalue weighted by Crippen LogP contribution is 2.44. The molecule has 33 heavy (non-hydrogen) atoms. The molecule has 2 aliphatic carbocycles. The van der Waals surface area contributed by atoms with Gasteiger partial charge in [0.25, 0.3) is 0 Å². The Bertz CT molecular complexity index is 1040. The number of likely N-dealkylation sites (tertiary alicyclic amines) is 1. The van der Waals surface area contributed by atoms with E-state index in [1.807, 2.05) is 24.3 Å². The summed E-state index contributed by atoms with van der Waals surface area (Å²) in [6.07, 6.45) is 2.80. The normalized spacial score (nSPS) is 23.8. The van der Waals surface area contributed by atoms with Crippen LogP contribution in [0.5, 0.6) is 0 Å². The Morgan fingerprint density at radius 3 is 2.27 bits per heavy atom. The molecule has 3 atom stereocenters. The number of ether oxygens (including phenoxy) is 1. The standard InChI is InChI=1S/C26H28N2O5/c29-24(28-14-6-13-23(28)25(30)31)20-11-5-12-22(20)27-26(32)33-15-21-18-9-3-1-7-16(18)17-8-2-4-10-19(17)21/h1-4,7-10,20-23H,5-6,11-15H2,(H,27,32)(H,30,31)/t20?,22?,23-/m1/s1. The quantitative estimate of drug-likeness (QED) is 0.726. The van der Waals surface area contributed by atoms with E-state index < -0.39 is 24.0 Å². The van der Waals surface area contributed by atoms with Crippen molar-refractivity contribution < 1.29 is 24.2 Å². The fourth-order valence-corrected chi connectivity index (χ4v) is 5.72. The highest BCUT2D eigenvalue weighted by Gasteiger charge is 2.42. The largest absolute Gasteiger partial charge is 0.480 e. The van der Waals surface area contributed by atoms with Crippen molar-refractivity contribution in [1.29, 1.82) is 0 Å². The number of rotatable bonds is 5. The summed E-state index contributed by atoms with van der Waals surface area (Å²) in [6, 6.07) is 15.2. The van der Waals surface area contributed by atoms with Crippen molar-refractivity contribution in [2.24, 2.45) is 5.92 Å². The van der Waals surface area contributed by atoms with Gasteiger partial charge in [-0.05, 0) is 47.9 Å². The smallest absolute Gasteiger partial charge is 0.407 e. The van der Waals surface area contributed by atoms with Crippen molar-refractivity contribution in [3.05, 3.63) is 59.7 Å². The van der Waals surface area contributed by atoms with Crippen molar-refractivity contribution >= 4 is 18.0 Å². The topological polar surface area (TPSA) is 95.9 Å². The third-order valence-corrected chi connectivity index (χ3v) is 7.30. The van der Waals surface area contributed by atoms with Crippen LogP contribution in [0.2, 0.25) is 0 Å². The number of nitrogens with zero attached hydrogens (tertiary/aromatic N) is 1. The Hall–Kier alpha value is -3.35. The van der Waals surface area contributed by atoms with Crippen molar-refractivity contribution in [2.45, 2.75) is 50.1 Å². The van der Waals surface area contributed by atoms with E-state index >= 15 is 0 Å². The molecule has 0 spiro atoms. The summed E-state index contributed by atoms with van der Waals surface area (Å²) in [5.74, 6) is -1.54. The molecular weight excluding hydrogens is 420 g/mol. The number of carbonyl (C=O) groups excluding carboxylic acids is 2. The Balaban J connectivity index is 1.23. The van der Waals surface area contributed by atoms with Gasteiger partial charge in [0.15, 0.2) is 0 Å². The summed E-state index contributed by atoms with van der Waals surface area (Å²) in [5.41, 5.74) is 4.63. The molecule has 7 nitrogen and oxygen atoms in total. The first-order valence-electron chi connectivity index (χ1n) is 11.7. The van der Waals surface area contributed by atoms with E-state index in [1.165, 1.54) is 16.0 Å². The summed E-state index contributed by atoms with van der Waals surface area (Å²) < 4.78 is 5.65. The average molecular weight is 449 g/mol. The molecule has 172 valence electrons. The van der Waals surface area contributed by atoms with Crippen LogP contribution in [0, 0.1) is 5.92 Å². The van der Waals surface area contributed by atoms with E-state index in [0.717, 1.165) is 17.5 Å². The Morgan fingerprint density at radius 1 is 0.939 bits per heavy atom. The zero-order chi connectivity index (χ0) is 22.9. The van der Waals surface area contributed by atoms with Gasteiger partial charge in [0.2, 0.25) is 5.91 Å².